The number of phenolic OH excluding ortho intramolecular Hbond substituents is 2. The highest BCUT2D eigenvalue weighted by Crippen LogP contribution is 2.43. The SMILES string of the molecule is CC(C)C(=O)Nc1cc(Cl)c(O)c(C(C)C)c1O. The van der Waals surface area contributed by atoms with Crippen molar-refractivity contribution in [1.29, 1.82) is 0 Å². The number of amides is 1. The molecular formula is C13H18ClNO3. The summed E-state index contributed by atoms with van der Waals surface area (Å²) in [5.41, 5.74) is 0.557. The Kier molecular flexibility index (Phi) is 4.46. The third kappa shape index (κ3) is 2.88. The van der Waals surface area contributed by atoms with E-state index in [0.29, 0.717) is 5.56 Å². The second-order valence-electron chi connectivity index (χ2n) is 4.82. The lowest BCUT2D eigenvalue weighted by Gasteiger charge is -2.17. The summed E-state index contributed by atoms with van der Waals surface area (Å²) in [6.07, 6.45) is 0. The minimum absolute atomic E-state index is 0.107. The van der Waals surface area contributed by atoms with Crippen LogP contribution >= 0.6 is 11.6 Å². The van der Waals surface area contributed by atoms with Crippen molar-refractivity contribution in [3.8, 4) is 11.5 Å². The molecule has 0 atom stereocenters. The van der Waals surface area contributed by atoms with Crippen molar-refractivity contribution in [2.75, 3.05) is 5.32 Å². The molecule has 0 aromatic heterocycles. The third-order valence-electron chi connectivity index (χ3n) is 2.62. The number of rotatable bonds is 3. The zero-order chi connectivity index (χ0) is 14.0. The Morgan fingerprint density at radius 2 is 1.78 bits per heavy atom. The van der Waals surface area contributed by atoms with Crippen LogP contribution in [-0.2, 0) is 4.79 Å². The Hall–Kier alpha value is -1.42. The van der Waals surface area contributed by atoms with E-state index in [1.807, 2.05) is 13.8 Å². The Labute approximate surface area is 112 Å². The molecule has 0 heterocycles. The predicted octanol–water partition coefficient (Wildman–Crippen LogP) is 3.47. The van der Waals surface area contributed by atoms with E-state index >= 15 is 0 Å². The van der Waals surface area contributed by atoms with Crippen molar-refractivity contribution in [3.05, 3.63) is 16.7 Å². The first kappa shape index (κ1) is 14.6. The first-order valence-electron chi connectivity index (χ1n) is 5.80. The van der Waals surface area contributed by atoms with Crippen molar-refractivity contribution >= 4 is 23.2 Å². The minimum atomic E-state index is -0.221. The number of carbonyl (C=O) groups is 1. The Balaban J connectivity index is 3.26. The lowest BCUT2D eigenvalue weighted by molar-refractivity contribution is -0.118. The van der Waals surface area contributed by atoms with Gasteiger partial charge in [0, 0.05) is 11.5 Å². The highest BCUT2D eigenvalue weighted by atomic mass is 35.5. The zero-order valence-corrected chi connectivity index (χ0v) is 11.7. The molecule has 0 fully saturated rings. The molecule has 0 radical (unpaired) electrons. The second kappa shape index (κ2) is 5.48. The lowest BCUT2D eigenvalue weighted by atomic mass is 9.99. The molecule has 0 spiro atoms. The first-order valence-corrected chi connectivity index (χ1v) is 6.18. The van der Waals surface area contributed by atoms with E-state index in [0.717, 1.165) is 0 Å². The molecule has 0 saturated carbocycles. The molecule has 18 heavy (non-hydrogen) atoms. The standard InChI is InChI=1S/C13H18ClNO3/c1-6(2)10-11(16)8(14)5-9(12(10)17)15-13(18)7(3)4/h5-7,16-17H,1-4H3,(H,15,18). The maximum absolute atomic E-state index is 11.6. The number of nitrogens with one attached hydrogen (secondary N) is 1. The van der Waals surface area contributed by atoms with Gasteiger partial charge < -0.3 is 15.5 Å². The fourth-order valence-electron chi connectivity index (χ4n) is 1.57. The number of halogens is 1. The molecule has 0 aliphatic heterocycles. The lowest BCUT2D eigenvalue weighted by Crippen LogP contribution is -2.18. The van der Waals surface area contributed by atoms with Crippen LogP contribution in [0.5, 0.6) is 11.5 Å². The van der Waals surface area contributed by atoms with Crippen LogP contribution in [0.2, 0.25) is 5.02 Å². The van der Waals surface area contributed by atoms with Gasteiger partial charge in [0.1, 0.15) is 11.5 Å². The number of hydrogen-bond donors (Lipinski definition) is 3. The molecule has 0 unspecified atom stereocenters. The topological polar surface area (TPSA) is 69.6 Å². The molecule has 1 aromatic carbocycles. The van der Waals surface area contributed by atoms with Crippen molar-refractivity contribution < 1.29 is 15.0 Å². The van der Waals surface area contributed by atoms with Crippen LogP contribution in [0, 0.1) is 5.92 Å². The maximum atomic E-state index is 11.6. The van der Waals surface area contributed by atoms with Gasteiger partial charge in [0.25, 0.3) is 0 Å². The van der Waals surface area contributed by atoms with Crippen LogP contribution in [-0.4, -0.2) is 16.1 Å². The molecule has 0 saturated heterocycles. The van der Waals surface area contributed by atoms with Crippen molar-refractivity contribution in [2.45, 2.75) is 33.6 Å². The van der Waals surface area contributed by atoms with E-state index < -0.39 is 0 Å². The average Bonchev–Trinajstić information content (AvgIpc) is 2.25. The summed E-state index contributed by atoms with van der Waals surface area (Å²) >= 11 is 5.89. The summed E-state index contributed by atoms with van der Waals surface area (Å²) in [6, 6.07) is 1.35. The van der Waals surface area contributed by atoms with E-state index in [1.165, 1.54) is 6.07 Å². The normalized spacial score (nSPS) is 11.1. The number of anilines is 1. The van der Waals surface area contributed by atoms with Crippen molar-refractivity contribution in [1.82, 2.24) is 0 Å². The Morgan fingerprint density at radius 1 is 1.22 bits per heavy atom. The van der Waals surface area contributed by atoms with E-state index in [4.69, 9.17) is 11.6 Å². The Morgan fingerprint density at radius 3 is 2.22 bits per heavy atom. The molecule has 1 rings (SSSR count). The van der Waals surface area contributed by atoms with Crippen LogP contribution in [0.15, 0.2) is 6.07 Å². The van der Waals surface area contributed by atoms with E-state index in [9.17, 15) is 15.0 Å². The van der Waals surface area contributed by atoms with E-state index in [2.05, 4.69) is 5.32 Å². The summed E-state index contributed by atoms with van der Waals surface area (Å²) < 4.78 is 0. The van der Waals surface area contributed by atoms with Crippen LogP contribution in [0.3, 0.4) is 0 Å². The van der Waals surface area contributed by atoms with Gasteiger partial charge >= 0.3 is 0 Å². The molecule has 4 nitrogen and oxygen atoms in total. The highest BCUT2D eigenvalue weighted by Gasteiger charge is 2.20. The second-order valence-corrected chi connectivity index (χ2v) is 5.22. The third-order valence-corrected chi connectivity index (χ3v) is 2.91. The minimum Gasteiger partial charge on any atom is -0.506 e. The van der Waals surface area contributed by atoms with Gasteiger partial charge in [-0.05, 0) is 12.0 Å². The maximum Gasteiger partial charge on any atom is 0.227 e. The van der Waals surface area contributed by atoms with Crippen molar-refractivity contribution in [2.24, 2.45) is 5.92 Å². The molecule has 1 aromatic rings. The fourth-order valence-corrected chi connectivity index (χ4v) is 1.78. The fraction of sp³-hybridized carbons (Fsp3) is 0.462. The summed E-state index contributed by atoms with van der Waals surface area (Å²) in [5, 5.41) is 22.6. The molecule has 5 heteroatoms. The molecular weight excluding hydrogens is 254 g/mol. The largest absolute Gasteiger partial charge is 0.506 e. The smallest absolute Gasteiger partial charge is 0.227 e. The van der Waals surface area contributed by atoms with E-state index in [-0.39, 0.29) is 40.0 Å². The molecule has 0 bridgehead atoms. The Bertz CT molecular complexity index is 470. The first-order chi connectivity index (χ1) is 8.25. The van der Waals surface area contributed by atoms with Gasteiger partial charge in [-0.2, -0.15) is 0 Å². The van der Waals surface area contributed by atoms with Crippen LogP contribution in [0.1, 0.15) is 39.2 Å². The summed E-state index contributed by atoms with van der Waals surface area (Å²) in [5.74, 6) is -0.827. The predicted molar refractivity (Wildman–Crippen MR) is 72.3 cm³/mol. The van der Waals surface area contributed by atoms with Crippen LogP contribution < -0.4 is 5.32 Å². The van der Waals surface area contributed by atoms with Crippen LogP contribution in [0.4, 0.5) is 5.69 Å². The molecule has 100 valence electrons. The summed E-state index contributed by atoms with van der Waals surface area (Å²) in [4.78, 5) is 11.6. The van der Waals surface area contributed by atoms with Crippen molar-refractivity contribution in [3.63, 3.8) is 0 Å². The average molecular weight is 272 g/mol. The molecule has 0 aliphatic rings. The van der Waals surface area contributed by atoms with Gasteiger partial charge in [0.05, 0.1) is 10.7 Å². The van der Waals surface area contributed by atoms with Gasteiger partial charge in [0.15, 0.2) is 0 Å². The number of hydrogen-bond acceptors (Lipinski definition) is 3. The van der Waals surface area contributed by atoms with E-state index in [1.54, 1.807) is 13.8 Å². The van der Waals surface area contributed by atoms with Gasteiger partial charge in [0.2, 0.25) is 5.91 Å². The number of aromatic hydroxyl groups is 2. The van der Waals surface area contributed by atoms with Gasteiger partial charge in [-0.15, -0.1) is 0 Å². The highest BCUT2D eigenvalue weighted by molar-refractivity contribution is 6.32. The molecule has 0 aliphatic carbocycles. The number of benzene rings is 1. The number of phenols is 2. The molecule has 1 amide bonds. The quantitative estimate of drug-likeness (QED) is 0.582. The number of carbonyl (C=O) groups excluding carboxylic acids is 1. The summed E-state index contributed by atoms with van der Waals surface area (Å²) in [7, 11) is 0. The molecule has 3 N–H and O–H groups in total. The van der Waals surface area contributed by atoms with Crippen LogP contribution in [0.25, 0.3) is 0 Å². The summed E-state index contributed by atoms with van der Waals surface area (Å²) in [6.45, 7) is 7.13. The zero-order valence-electron chi connectivity index (χ0n) is 10.9. The monoisotopic (exact) mass is 271 g/mol. The van der Waals surface area contributed by atoms with Gasteiger partial charge in [-0.25, -0.2) is 0 Å². The van der Waals surface area contributed by atoms with Gasteiger partial charge in [-0.3, -0.25) is 4.79 Å². The van der Waals surface area contributed by atoms with Gasteiger partial charge in [-0.1, -0.05) is 39.3 Å².